The van der Waals surface area contributed by atoms with Crippen molar-refractivity contribution in [2.45, 2.75) is 32.4 Å². The standard InChI is InChI=1S/C15H26N4/c1-4-8-16-15-13(6-5-9-17-15)11-19-10-7-14(12-19)18(2)3/h5-6,9,14H,4,7-8,10-12H2,1-3H3,(H,16,17). The van der Waals surface area contributed by atoms with E-state index in [-0.39, 0.29) is 0 Å². The van der Waals surface area contributed by atoms with Gasteiger partial charge in [-0.25, -0.2) is 4.98 Å². The van der Waals surface area contributed by atoms with Crippen molar-refractivity contribution in [2.75, 3.05) is 39.0 Å². The van der Waals surface area contributed by atoms with Crippen LogP contribution in [-0.2, 0) is 6.54 Å². The molecule has 1 atom stereocenters. The SMILES string of the molecule is CCCNc1ncccc1CN1CCC(N(C)C)C1. The molecule has 1 unspecified atom stereocenters. The van der Waals surface area contributed by atoms with E-state index in [2.05, 4.69) is 47.2 Å². The average Bonchev–Trinajstić information content (AvgIpc) is 2.86. The maximum absolute atomic E-state index is 4.46. The Balaban J connectivity index is 1.95. The molecule has 1 aliphatic heterocycles. The van der Waals surface area contributed by atoms with Crippen molar-refractivity contribution in [3.63, 3.8) is 0 Å². The zero-order valence-electron chi connectivity index (χ0n) is 12.4. The van der Waals surface area contributed by atoms with Gasteiger partial charge >= 0.3 is 0 Å². The second-order valence-corrected chi connectivity index (χ2v) is 5.58. The highest BCUT2D eigenvalue weighted by molar-refractivity contribution is 5.43. The molecule has 2 heterocycles. The van der Waals surface area contributed by atoms with Gasteiger partial charge in [0.2, 0.25) is 0 Å². The molecule has 1 aliphatic rings. The smallest absolute Gasteiger partial charge is 0.130 e. The maximum atomic E-state index is 4.46. The normalized spacial score (nSPS) is 20.1. The molecule has 1 aromatic rings. The van der Waals surface area contributed by atoms with Crippen molar-refractivity contribution >= 4 is 5.82 Å². The van der Waals surface area contributed by atoms with Crippen LogP contribution in [0.2, 0.25) is 0 Å². The van der Waals surface area contributed by atoms with Crippen LogP contribution in [0.3, 0.4) is 0 Å². The van der Waals surface area contributed by atoms with Gasteiger partial charge in [-0.15, -0.1) is 0 Å². The Morgan fingerprint density at radius 2 is 2.32 bits per heavy atom. The van der Waals surface area contributed by atoms with Gasteiger partial charge in [-0.2, -0.15) is 0 Å². The summed E-state index contributed by atoms with van der Waals surface area (Å²) in [7, 11) is 4.35. The molecule has 0 saturated carbocycles. The minimum absolute atomic E-state index is 0.698. The van der Waals surface area contributed by atoms with Gasteiger partial charge in [0.05, 0.1) is 0 Å². The van der Waals surface area contributed by atoms with Crippen molar-refractivity contribution in [3.05, 3.63) is 23.9 Å². The number of anilines is 1. The van der Waals surface area contributed by atoms with Gasteiger partial charge in [-0.05, 0) is 33.0 Å². The van der Waals surface area contributed by atoms with Gasteiger partial charge in [0.25, 0.3) is 0 Å². The van der Waals surface area contributed by atoms with Gasteiger partial charge in [0.1, 0.15) is 5.82 Å². The van der Waals surface area contributed by atoms with Gasteiger partial charge in [0, 0.05) is 44.0 Å². The molecule has 4 nitrogen and oxygen atoms in total. The molecule has 106 valence electrons. The summed E-state index contributed by atoms with van der Waals surface area (Å²) in [5.41, 5.74) is 1.32. The fourth-order valence-corrected chi connectivity index (χ4v) is 2.59. The van der Waals surface area contributed by atoms with Crippen LogP contribution in [0, 0.1) is 0 Å². The lowest BCUT2D eigenvalue weighted by Crippen LogP contribution is -2.31. The van der Waals surface area contributed by atoms with Crippen molar-refractivity contribution in [3.8, 4) is 0 Å². The van der Waals surface area contributed by atoms with E-state index in [0.717, 1.165) is 31.9 Å². The summed E-state index contributed by atoms with van der Waals surface area (Å²) in [5, 5.41) is 3.42. The number of nitrogens with zero attached hydrogens (tertiary/aromatic N) is 3. The molecule has 19 heavy (non-hydrogen) atoms. The first kappa shape index (κ1) is 14.3. The minimum atomic E-state index is 0.698. The zero-order valence-corrected chi connectivity index (χ0v) is 12.4. The lowest BCUT2D eigenvalue weighted by molar-refractivity contribution is 0.265. The molecular weight excluding hydrogens is 236 g/mol. The Kier molecular flexibility index (Phi) is 5.16. The molecule has 0 bridgehead atoms. The van der Waals surface area contributed by atoms with Crippen molar-refractivity contribution in [2.24, 2.45) is 0 Å². The Labute approximate surface area is 116 Å². The highest BCUT2D eigenvalue weighted by Gasteiger charge is 2.24. The summed E-state index contributed by atoms with van der Waals surface area (Å²) in [4.78, 5) is 9.32. The Hall–Kier alpha value is -1.13. The largest absolute Gasteiger partial charge is 0.370 e. The van der Waals surface area contributed by atoms with Crippen LogP contribution in [-0.4, -0.2) is 54.6 Å². The molecule has 4 heteroatoms. The first-order chi connectivity index (χ1) is 9.20. The molecule has 0 amide bonds. The maximum Gasteiger partial charge on any atom is 0.130 e. The zero-order chi connectivity index (χ0) is 13.7. The predicted molar refractivity (Wildman–Crippen MR) is 80.4 cm³/mol. The average molecular weight is 262 g/mol. The van der Waals surface area contributed by atoms with Crippen LogP contribution in [0.4, 0.5) is 5.82 Å². The second kappa shape index (κ2) is 6.87. The molecule has 0 radical (unpaired) electrons. The number of likely N-dealkylation sites (N-methyl/N-ethyl adjacent to an activating group) is 1. The van der Waals surface area contributed by atoms with E-state index in [1.54, 1.807) is 0 Å². The predicted octanol–water partition coefficient (Wildman–Crippen LogP) is 2.04. The van der Waals surface area contributed by atoms with Gasteiger partial charge in [0.15, 0.2) is 0 Å². The number of nitrogens with one attached hydrogen (secondary N) is 1. The fraction of sp³-hybridized carbons (Fsp3) is 0.667. The highest BCUT2D eigenvalue weighted by atomic mass is 15.2. The lowest BCUT2D eigenvalue weighted by atomic mass is 10.2. The van der Waals surface area contributed by atoms with E-state index in [1.165, 1.54) is 18.5 Å². The molecular formula is C15H26N4. The molecule has 0 aromatic carbocycles. The molecule has 1 saturated heterocycles. The van der Waals surface area contributed by atoms with E-state index >= 15 is 0 Å². The summed E-state index contributed by atoms with van der Waals surface area (Å²) in [6, 6.07) is 4.92. The van der Waals surface area contributed by atoms with Crippen LogP contribution in [0.5, 0.6) is 0 Å². The molecule has 2 rings (SSSR count). The van der Waals surface area contributed by atoms with Crippen molar-refractivity contribution in [1.29, 1.82) is 0 Å². The number of likely N-dealkylation sites (tertiary alicyclic amines) is 1. The number of rotatable bonds is 6. The fourth-order valence-electron chi connectivity index (χ4n) is 2.59. The first-order valence-electron chi connectivity index (χ1n) is 7.27. The lowest BCUT2D eigenvalue weighted by Gasteiger charge is -2.21. The monoisotopic (exact) mass is 262 g/mol. The summed E-state index contributed by atoms with van der Waals surface area (Å²) >= 11 is 0. The van der Waals surface area contributed by atoms with E-state index in [1.807, 2.05) is 12.3 Å². The van der Waals surface area contributed by atoms with Crippen molar-refractivity contribution in [1.82, 2.24) is 14.8 Å². The van der Waals surface area contributed by atoms with E-state index in [9.17, 15) is 0 Å². The molecule has 1 fully saturated rings. The molecule has 0 aliphatic carbocycles. The highest BCUT2D eigenvalue weighted by Crippen LogP contribution is 2.19. The summed E-state index contributed by atoms with van der Waals surface area (Å²) in [6.45, 7) is 6.52. The van der Waals surface area contributed by atoms with Gasteiger partial charge < -0.3 is 10.2 Å². The van der Waals surface area contributed by atoms with Crippen LogP contribution in [0.1, 0.15) is 25.3 Å². The topological polar surface area (TPSA) is 31.4 Å². The quantitative estimate of drug-likeness (QED) is 0.850. The summed E-state index contributed by atoms with van der Waals surface area (Å²) in [5.74, 6) is 1.05. The first-order valence-corrected chi connectivity index (χ1v) is 7.27. The Morgan fingerprint density at radius 3 is 3.00 bits per heavy atom. The number of aromatic nitrogens is 1. The van der Waals surface area contributed by atoms with Crippen LogP contribution >= 0.6 is 0 Å². The van der Waals surface area contributed by atoms with Gasteiger partial charge in [-0.1, -0.05) is 13.0 Å². The second-order valence-electron chi connectivity index (χ2n) is 5.58. The number of pyridine rings is 1. The van der Waals surface area contributed by atoms with E-state index in [4.69, 9.17) is 0 Å². The summed E-state index contributed by atoms with van der Waals surface area (Å²) in [6.07, 6.45) is 4.27. The molecule has 1 N–H and O–H groups in total. The van der Waals surface area contributed by atoms with Gasteiger partial charge in [-0.3, -0.25) is 4.90 Å². The third kappa shape index (κ3) is 3.91. The number of hydrogen-bond acceptors (Lipinski definition) is 4. The Morgan fingerprint density at radius 1 is 1.47 bits per heavy atom. The van der Waals surface area contributed by atoms with Crippen molar-refractivity contribution < 1.29 is 0 Å². The van der Waals surface area contributed by atoms with Crippen LogP contribution in [0.25, 0.3) is 0 Å². The molecule has 0 spiro atoms. The van der Waals surface area contributed by atoms with E-state index in [0.29, 0.717) is 6.04 Å². The third-order valence-electron chi connectivity index (χ3n) is 3.81. The van der Waals surface area contributed by atoms with Crippen LogP contribution in [0.15, 0.2) is 18.3 Å². The summed E-state index contributed by atoms with van der Waals surface area (Å²) < 4.78 is 0. The van der Waals surface area contributed by atoms with Crippen LogP contribution < -0.4 is 5.32 Å². The Bertz CT molecular complexity index is 391. The molecule has 1 aromatic heterocycles. The minimum Gasteiger partial charge on any atom is -0.370 e. The van der Waals surface area contributed by atoms with E-state index < -0.39 is 0 Å². The number of hydrogen-bond donors (Lipinski definition) is 1. The third-order valence-corrected chi connectivity index (χ3v) is 3.81.